The Kier molecular flexibility index (Phi) is 9.19. The molecule has 0 saturated carbocycles. The molecule has 39 heavy (non-hydrogen) atoms. The van der Waals surface area contributed by atoms with Crippen LogP contribution in [0.2, 0.25) is 0 Å². The maximum absolute atomic E-state index is 13.7. The second kappa shape index (κ2) is 12.4. The summed E-state index contributed by atoms with van der Waals surface area (Å²) in [6, 6.07) is 12.1. The lowest BCUT2D eigenvalue weighted by molar-refractivity contribution is -0.147. The molecular weight excluding hydrogens is 518 g/mol. The second-order valence-electron chi connectivity index (χ2n) is 10.6. The third-order valence-corrected chi connectivity index (χ3v) is 8.78. The zero-order valence-corrected chi connectivity index (χ0v) is 23.4. The number of aliphatic hydroxyl groups is 1. The van der Waals surface area contributed by atoms with E-state index in [4.69, 9.17) is 4.74 Å². The highest BCUT2D eigenvalue weighted by Gasteiger charge is 2.50. The van der Waals surface area contributed by atoms with Crippen LogP contribution in [0.15, 0.2) is 48.5 Å². The Morgan fingerprint density at radius 1 is 1.15 bits per heavy atom. The molecule has 0 aromatic heterocycles. The van der Waals surface area contributed by atoms with E-state index < -0.39 is 34.7 Å². The van der Waals surface area contributed by atoms with Crippen molar-refractivity contribution in [2.45, 2.75) is 69.1 Å². The summed E-state index contributed by atoms with van der Waals surface area (Å²) in [5, 5.41) is 27.2. The molecule has 210 valence electrons. The van der Waals surface area contributed by atoms with Crippen LogP contribution in [0, 0.1) is 6.92 Å². The van der Waals surface area contributed by atoms with Gasteiger partial charge in [0.2, 0.25) is 5.91 Å². The molecule has 2 aliphatic heterocycles. The number of ether oxygens (including phenoxy) is 1. The highest BCUT2D eigenvalue weighted by molar-refractivity contribution is 8.00. The molecule has 2 fully saturated rings. The number of hydrogen-bond acceptors (Lipinski definition) is 7. The van der Waals surface area contributed by atoms with Gasteiger partial charge in [0, 0.05) is 29.0 Å². The third kappa shape index (κ3) is 6.74. The summed E-state index contributed by atoms with van der Waals surface area (Å²) < 4.78 is 5.03. The van der Waals surface area contributed by atoms with Gasteiger partial charge < -0.3 is 30.5 Å². The predicted molar refractivity (Wildman–Crippen MR) is 149 cm³/mol. The highest BCUT2D eigenvalue weighted by atomic mass is 32.2. The van der Waals surface area contributed by atoms with Crippen molar-refractivity contribution in [2.75, 3.05) is 19.0 Å². The molecule has 3 amide bonds. The van der Waals surface area contributed by atoms with E-state index >= 15 is 0 Å². The van der Waals surface area contributed by atoms with Crippen LogP contribution in [0.3, 0.4) is 0 Å². The minimum Gasteiger partial charge on any atom is -0.508 e. The van der Waals surface area contributed by atoms with E-state index in [-0.39, 0.29) is 35.6 Å². The molecule has 2 heterocycles. The molecule has 4 N–H and O–H groups in total. The normalized spacial score (nSPS) is 21.8. The number of hydrogen-bond donors (Lipinski definition) is 4. The van der Waals surface area contributed by atoms with E-state index in [1.165, 1.54) is 22.7 Å². The molecule has 0 bridgehead atoms. The minimum absolute atomic E-state index is 0.0212. The van der Waals surface area contributed by atoms with Crippen molar-refractivity contribution in [2.24, 2.45) is 0 Å². The van der Waals surface area contributed by atoms with E-state index in [0.717, 1.165) is 18.4 Å². The molecule has 2 saturated heterocycles. The average molecular weight is 556 g/mol. The molecule has 2 aromatic rings. The Bertz CT molecular complexity index is 1180. The first-order valence-corrected chi connectivity index (χ1v) is 14.2. The number of phenolic OH excluding ortho intramolecular Hbond substituents is 1. The Hall–Kier alpha value is -3.08. The zero-order valence-electron chi connectivity index (χ0n) is 22.6. The van der Waals surface area contributed by atoms with Crippen molar-refractivity contribution in [3.8, 4) is 5.75 Å². The summed E-state index contributed by atoms with van der Waals surface area (Å²) in [7, 11) is 0. The standard InChI is InChI=1S/C29H37N3O6S/c1-18-21(12-7-13-23(18)33)26(35)31-22(15-19-9-5-4-6-10-19)24(34)28(37)32-17-39-29(2,3)25(32)27(36)30-16-20-11-8-14-38-20/h4-7,9-10,12-13,20,22,24-25,33-34H,8,11,14-17H2,1-3H3,(H,30,36)(H,31,35)/t20-,22+,24+,25-/m1/s1. The lowest BCUT2D eigenvalue weighted by Gasteiger charge is -2.33. The van der Waals surface area contributed by atoms with E-state index in [1.54, 1.807) is 19.1 Å². The van der Waals surface area contributed by atoms with E-state index in [2.05, 4.69) is 10.6 Å². The average Bonchev–Trinajstić information content (AvgIpc) is 3.55. The van der Waals surface area contributed by atoms with Crippen LogP contribution >= 0.6 is 11.8 Å². The first-order valence-electron chi connectivity index (χ1n) is 13.2. The smallest absolute Gasteiger partial charge is 0.254 e. The second-order valence-corrected chi connectivity index (χ2v) is 12.2. The number of phenols is 1. The van der Waals surface area contributed by atoms with E-state index in [1.807, 2.05) is 44.2 Å². The number of nitrogens with zero attached hydrogens (tertiary/aromatic N) is 1. The van der Waals surface area contributed by atoms with Crippen molar-refractivity contribution in [3.63, 3.8) is 0 Å². The number of aromatic hydroxyl groups is 1. The SMILES string of the molecule is Cc1c(O)cccc1C(=O)N[C@@H](Cc1ccccc1)[C@H](O)C(=O)N1CSC(C)(C)[C@H]1C(=O)NC[C@H]1CCCO1. The molecule has 2 aromatic carbocycles. The lowest BCUT2D eigenvalue weighted by Crippen LogP contribution is -2.59. The fourth-order valence-electron chi connectivity index (χ4n) is 5.10. The Morgan fingerprint density at radius 3 is 2.59 bits per heavy atom. The number of carbonyl (C=O) groups is 3. The van der Waals surface area contributed by atoms with Gasteiger partial charge in [-0.1, -0.05) is 36.4 Å². The van der Waals surface area contributed by atoms with Gasteiger partial charge >= 0.3 is 0 Å². The molecule has 4 atom stereocenters. The first kappa shape index (κ1) is 28.9. The largest absolute Gasteiger partial charge is 0.508 e. The monoisotopic (exact) mass is 555 g/mol. The Labute approximate surface area is 233 Å². The van der Waals surface area contributed by atoms with E-state index in [9.17, 15) is 24.6 Å². The molecule has 9 nitrogen and oxygen atoms in total. The van der Waals surface area contributed by atoms with Crippen molar-refractivity contribution in [1.82, 2.24) is 15.5 Å². The molecule has 0 radical (unpaired) electrons. The lowest BCUT2D eigenvalue weighted by atomic mass is 9.96. The summed E-state index contributed by atoms with van der Waals surface area (Å²) in [6.45, 7) is 6.49. The number of rotatable bonds is 9. The van der Waals surface area contributed by atoms with Crippen LogP contribution in [-0.4, -0.2) is 80.9 Å². The summed E-state index contributed by atoms with van der Waals surface area (Å²) in [6.07, 6.45) is 0.391. The number of thioether (sulfide) groups is 1. The molecule has 0 aliphatic carbocycles. The van der Waals surface area contributed by atoms with E-state index in [0.29, 0.717) is 18.7 Å². The van der Waals surface area contributed by atoms with Crippen LogP contribution in [0.4, 0.5) is 0 Å². The Balaban J connectivity index is 1.54. The van der Waals surface area contributed by atoms with Crippen LogP contribution in [-0.2, 0) is 20.7 Å². The molecule has 2 aliphatic rings. The van der Waals surface area contributed by atoms with Crippen LogP contribution in [0.25, 0.3) is 0 Å². The summed E-state index contributed by atoms with van der Waals surface area (Å²) in [4.78, 5) is 41.7. The quantitative estimate of drug-likeness (QED) is 0.374. The van der Waals surface area contributed by atoms with Gasteiger partial charge in [-0.2, -0.15) is 0 Å². The Morgan fingerprint density at radius 2 is 1.90 bits per heavy atom. The zero-order chi connectivity index (χ0) is 28.2. The van der Waals surface area contributed by atoms with Crippen molar-refractivity contribution < 1.29 is 29.3 Å². The van der Waals surface area contributed by atoms with Gasteiger partial charge in [-0.3, -0.25) is 14.4 Å². The third-order valence-electron chi connectivity index (χ3n) is 7.40. The highest BCUT2D eigenvalue weighted by Crippen LogP contribution is 2.40. The maximum atomic E-state index is 13.7. The summed E-state index contributed by atoms with van der Waals surface area (Å²) >= 11 is 1.46. The molecule has 0 spiro atoms. The van der Waals surface area contributed by atoms with Gasteiger partial charge in [0.1, 0.15) is 11.8 Å². The van der Waals surface area contributed by atoms with Crippen molar-refractivity contribution >= 4 is 29.5 Å². The predicted octanol–water partition coefficient (Wildman–Crippen LogP) is 2.38. The van der Waals surface area contributed by atoms with Crippen LogP contribution in [0.1, 0.15) is 48.2 Å². The molecular formula is C29H37N3O6S. The van der Waals surface area contributed by atoms with Gasteiger partial charge in [0.05, 0.1) is 18.0 Å². The van der Waals surface area contributed by atoms with Crippen LogP contribution < -0.4 is 10.6 Å². The summed E-state index contributed by atoms with van der Waals surface area (Å²) in [5.74, 6) is -1.22. The van der Waals surface area contributed by atoms with Gasteiger partial charge in [0.25, 0.3) is 11.8 Å². The fourth-order valence-corrected chi connectivity index (χ4v) is 6.24. The van der Waals surface area contributed by atoms with Crippen LogP contribution in [0.5, 0.6) is 5.75 Å². The number of benzene rings is 2. The molecule has 4 rings (SSSR count). The molecule has 0 unspecified atom stereocenters. The number of carbonyl (C=O) groups excluding carboxylic acids is 3. The van der Waals surface area contributed by atoms with Gasteiger partial charge in [0.15, 0.2) is 6.10 Å². The summed E-state index contributed by atoms with van der Waals surface area (Å²) in [5.41, 5.74) is 1.47. The number of nitrogens with one attached hydrogen (secondary N) is 2. The minimum atomic E-state index is -1.60. The number of amides is 3. The maximum Gasteiger partial charge on any atom is 0.254 e. The molecule has 10 heteroatoms. The van der Waals surface area contributed by atoms with Crippen molar-refractivity contribution in [1.29, 1.82) is 0 Å². The fraction of sp³-hybridized carbons (Fsp3) is 0.483. The number of aliphatic hydroxyl groups excluding tert-OH is 1. The van der Waals surface area contributed by atoms with Crippen molar-refractivity contribution in [3.05, 3.63) is 65.2 Å². The van der Waals surface area contributed by atoms with Gasteiger partial charge in [-0.05, 0) is 57.7 Å². The topological polar surface area (TPSA) is 128 Å². The van der Waals surface area contributed by atoms with Gasteiger partial charge in [-0.25, -0.2) is 0 Å². The van der Waals surface area contributed by atoms with Gasteiger partial charge in [-0.15, -0.1) is 11.8 Å². The first-order chi connectivity index (χ1) is 18.6.